The van der Waals surface area contributed by atoms with Gasteiger partial charge in [0.05, 0.1) is 16.1 Å². The number of pyridine rings is 1. The van der Waals surface area contributed by atoms with Crippen LogP contribution in [0.2, 0.25) is 0 Å². The molecule has 114 valence electrons. The highest BCUT2D eigenvalue weighted by Crippen LogP contribution is 2.37. The summed E-state index contributed by atoms with van der Waals surface area (Å²) >= 11 is 1.74. The molecule has 0 aliphatic heterocycles. The molecule has 0 aliphatic carbocycles. The van der Waals surface area contributed by atoms with Crippen molar-refractivity contribution in [2.75, 3.05) is 0 Å². The molecule has 2 aromatic carbocycles. The van der Waals surface area contributed by atoms with E-state index in [0.717, 1.165) is 11.2 Å². The zero-order valence-corrected chi connectivity index (χ0v) is 14.3. The highest BCUT2D eigenvalue weighted by atomic mass is 35.5. The van der Waals surface area contributed by atoms with Crippen LogP contribution in [-0.4, -0.2) is 4.98 Å². The van der Waals surface area contributed by atoms with E-state index in [9.17, 15) is 0 Å². The van der Waals surface area contributed by atoms with Crippen LogP contribution in [0, 0.1) is 6.92 Å². The molecular weight excluding hydrogens is 322 g/mol. The lowest BCUT2D eigenvalue weighted by Gasteiger charge is -2.14. The van der Waals surface area contributed by atoms with Crippen molar-refractivity contribution in [2.24, 2.45) is 0 Å². The average molecular weight is 338 g/mol. The van der Waals surface area contributed by atoms with Crippen LogP contribution < -0.4 is 0 Å². The second-order valence-corrected chi connectivity index (χ2v) is 6.27. The number of nitrogens with zero attached hydrogens (tertiary/aromatic N) is 1. The number of hydrogen-bond donors (Lipinski definition) is 0. The first kappa shape index (κ1) is 15.7. The maximum atomic E-state index is 4.91. The monoisotopic (exact) mass is 337 g/mol. The molecule has 0 bridgehead atoms. The molecule has 0 amide bonds. The maximum Gasteiger partial charge on any atom is 0.0844 e. The fraction of sp³-hybridized carbons (Fsp3) is 0.0500. The van der Waals surface area contributed by atoms with E-state index >= 15 is 0 Å². The van der Waals surface area contributed by atoms with Gasteiger partial charge < -0.3 is 0 Å². The Labute approximate surface area is 146 Å². The third kappa shape index (κ3) is 2.76. The molecule has 3 heteroatoms. The number of aromatic nitrogens is 1. The van der Waals surface area contributed by atoms with Crippen molar-refractivity contribution in [1.82, 2.24) is 4.98 Å². The van der Waals surface area contributed by atoms with Crippen molar-refractivity contribution in [3.05, 3.63) is 77.7 Å². The largest absolute Gasteiger partial charge is 0.247 e. The Bertz CT molecular complexity index is 931. The van der Waals surface area contributed by atoms with E-state index in [1.165, 1.54) is 27.0 Å². The molecule has 1 nitrogen and oxygen atoms in total. The van der Waals surface area contributed by atoms with Crippen molar-refractivity contribution in [3.63, 3.8) is 0 Å². The summed E-state index contributed by atoms with van der Waals surface area (Å²) in [6, 6.07) is 23.2. The van der Waals surface area contributed by atoms with Crippen LogP contribution in [0.3, 0.4) is 0 Å². The van der Waals surface area contributed by atoms with Gasteiger partial charge in [-0.3, -0.25) is 0 Å². The number of benzene rings is 2. The quantitative estimate of drug-likeness (QED) is 0.414. The van der Waals surface area contributed by atoms with Crippen LogP contribution in [0.5, 0.6) is 0 Å². The first-order chi connectivity index (χ1) is 10.8. The third-order valence-electron chi connectivity index (χ3n) is 3.95. The molecule has 23 heavy (non-hydrogen) atoms. The van der Waals surface area contributed by atoms with E-state index < -0.39 is 0 Å². The maximum absolute atomic E-state index is 4.91. The van der Waals surface area contributed by atoms with Gasteiger partial charge in [0.25, 0.3) is 0 Å². The number of hydrogen-bond acceptors (Lipinski definition) is 2. The Hall–Kier alpha value is -2.16. The summed E-state index contributed by atoms with van der Waals surface area (Å²) < 4.78 is 0. The van der Waals surface area contributed by atoms with Gasteiger partial charge in [-0.25, -0.2) is 4.98 Å². The minimum Gasteiger partial charge on any atom is -0.247 e. The predicted octanol–water partition coefficient (Wildman–Crippen LogP) is 6.36. The Balaban J connectivity index is 0.00000156. The minimum atomic E-state index is 0. The highest BCUT2D eigenvalue weighted by molar-refractivity contribution is 7.13. The topological polar surface area (TPSA) is 12.9 Å². The molecule has 4 rings (SSSR count). The minimum absolute atomic E-state index is 0. The zero-order valence-electron chi connectivity index (χ0n) is 12.7. The molecular formula is C20H16ClNS. The van der Waals surface area contributed by atoms with Crippen LogP contribution in [0.4, 0.5) is 0 Å². The van der Waals surface area contributed by atoms with E-state index in [-0.39, 0.29) is 12.4 Å². The SMILES string of the molecule is Cc1c(-c2cccs2)nc2ccccc2c1-c1ccccc1.Cl. The summed E-state index contributed by atoms with van der Waals surface area (Å²) in [5.41, 5.74) is 5.92. The summed E-state index contributed by atoms with van der Waals surface area (Å²) in [5.74, 6) is 0. The Morgan fingerprint density at radius 2 is 1.57 bits per heavy atom. The molecule has 0 aliphatic rings. The molecule has 2 heterocycles. The molecule has 0 fully saturated rings. The Kier molecular flexibility index (Phi) is 4.46. The average Bonchev–Trinajstić information content (AvgIpc) is 3.09. The van der Waals surface area contributed by atoms with Crippen molar-refractivity contribution in [1.29, 1.82) is 0 Å². The molecule has 0 saturated heterocycles. The second-order valence-electron chi connectivity index (χ2n) is 5.32. The van der Waals surface area contributed by atoms with E-state index in [1.807, 2.05) is 0 Å². The normalized spacial score (nSPS) is 10.5. The van der Waals surface area contributed by atoms with Gasteiger partial charge in [-0.05, 0) is 41.1 Å². The molecule has 0 radical (unpaired) electrons. The first-order valence-electron chi connectivity index (χ1n) is 7.33. The number of fused-ring (bicyclic) bond motifs is 1. The lowest BCUT2D eigenvalue weighted by Crippen LogP contribution is -1.94. The van der Waals surface area contributed by atoms with Crippen LogP contribution in [0.1, 0.15) is 5.56 Å². The van der Waals surface area contributed by atoms with Crippen molar-refractivity contribution < 1.29 is 0 Å². The van der Waals surface area contributed by atoms with Crippen molar-refractivity contribution in [2.45, 2.75) is 6.92 Å². The van der Waals surface area contributed by atoms with Crippen molar-refractivity contribution >= 4 is 34.6 Å². The number of thiophene rings is 1. The van der Waals surface area contributed by atoms with E-state index in [0.29, 0.717) is 0 Å². The lowest BCUT2D eigenvalue weighted by molar-refractivity contribution is 1.34. The first-order valence-corrected chi connectivity index (χ1v) is 8.21. The van der Waals surface area contributed by atoms with E-state index in [1.54, 1.807) is 11.3 Å². The Morgan fingerprint density at radius 3 is 2.30 bits per heavy atom. The number of rotatable bonds is 2. The van der Waals surface area contributed by atoms with Gasteiger partial charge in [0.2, 0.25) is 0 Å². The number of para-hydroxylation sites is 1. The third-order valence-corrected chi connectivity index (χ3v) is 4.83. The van der Waals surface area contributed by atoms with Crippen LogP contribution in [0.25, 0.3) is 32.6 Å². The summed E-state index contributed by atoms with van der Waals surface area (Å²) in [7, 11) is 0. The smallest absolute Gasteiger partial charge is 0.0844 e. The standard InChI is InChI=1S/C20H15NS.ClH/c1-14-19(15-8-3-2-4-9-15)16-10-5-6-11-17(16)21-20(14)18-12-7-13-22-18;/h2-13H,1H3;1H. The zero-order chi connectivity index (χ0) is 14.9. The van der Waals surface area contributed by atoms with E-state index in [4.69, 9.17) is 4.98 Å². The predicted molar refractivity (Wildman–Crippen MR) is 102 cm³/mol. The Morgan fingerprint density at radius 1 is 0.826 bits per heavy atom. The van der Waals surface area contributed by atoms with Crippen LogP contribution in [0.15, 0.2) is 72.1 Å². The molecule has 0 unspecified atom stereocenters. The van der Waals surface area contributed by atoms with Gasteiger partial charge in [-0.1, -0.05) is 54.6 Å². The summed E-state index contributed by atoms with van der Waals surface area (Å²) in [4.78, 5) is 6.14. The van der Waals surface area contributed by atoms with Gasteiger partial charge in [0.15, 0.2) is 0 Å². The van der Waals surface area contributed by atoms with Gasteiger partial charge in [0, 0.05) is 5.39 Å². The fourth-order valence-electron chi connectivity index (χ4n) is 2.94. The molecule has 0 spiro atoms. The van der Waals surface area contributed by atoms with Gasteiger partial charge >= 0.3 is 0 Å². The number of halogens is 1. The van der Waals surface area contributed by atoms with Gasteiger partial charge in [-0.2, -0.15) is 0 Å². The highest BCUT2D eigenvalue weighted by Gasteiger charge is 2.14. The second kappa shape index (κ2) is 6.53. The van der Waals surface area contributed by atoms with Gasteiger partial charge in [0.1, 0.15) is 0 Å². The van der Waals surface area contributed by atoms with Crippen LogP contribution in [-0.2, 0) is 0 Å². The van der Waals surface area contributed by atoms with Crippen molar-refractivity contribution in [3.8, 4) is 21.7 Å². The van der Waals surface area contributed by atoms with Gasteiger partial charge in [-0.15, -0.1) is 23.7 Å². The molecule has 0 saturated carbocycles. The lowest BCUT2D eigenvalue weighted by atomic mass is 9.94. The molecule has 0 N–H and O–H groups in total. The molecule has 0 atom stereocenters. The molecule has 4 aromatic rings. The summed E-state index contributed by atoms with van der Waals surface area (Å²) in [6.45, 7) is 2.18. The van der Waals surface area contributed by atoms with Crippen LogP contribution >= 0.6 is 23.7 Å². The molecule has 2 aromatic heterocycles. The fourth-order valence-corrected chi connectivity index (χ4v) is 3.71. The summed E-state index contributed by atoms with van der Waals surface area (Å²) in [6.07, 6.45) is 0. The summed E-state index contributed by atoms with van der Waals surface area (Å²) in [5, 5.41) is 3.32. The van der Waals surface area contributed by atoms with E-state index in [2.05, 4.69) is 79.0 Å².